The quantitative estimate of drug-likeness (QED) is 0.834. The van der Waals surface area contributed by atoms with Gasteiger partial charge in [-0.15, -0.1) is 0 Å². The fourth-order valence-corrected chi connectivity index (χ4v) is 3.47. The minimum absolute atomic E-state index is 0.762. The van der Waals surface area contributed by atoms with E-state index in [1.165, 1.54) is 57.3 Å². The number of nitrogens with zero attached hydrogens (tertiary/aromatic N) is 1. The van der Waals surface area contributed by atoms with E-state index in [0.29, 0.717) is 0 Å². The fraction of sp³-hybridized carbons (Fsp3) is 0.714. The molecular formula is C14H22N2S. The SMILES string of the molecule is c1cc(CCN(CC2CCCN2)C2CC2)cs1. The van der Waals surface area contributed by atoms with Gasteiger partial charge in [0.25, 0.3) is 0 Å². The summed E-state index contributed by atoms with van der Waals surface area (Å²) in [6, 6.07) is 3.93. The number of hydrogen-bond acceptors (Lipinski definition) is 3. The molecule has 17 heavy (non-hydrogen) atoms. The first-order chi connectivity index (χ1) is 8.42. The van der Waals surface area contributed by atoms with Crippen molar-refractivity contribution in [3.63, 3.8) is 0 Å². The van der Waals surface area contributed by atoms with Crippen molar-refractivity contribution in [2.45, 2.75) is 44.2 Å². The van der Waals surface area contributed by atoms with E-state index in [1.54, 1.807) is 0 Å². The lowest BCUT2D eigenvalue weighted by molar-refractivity contribution is 0.242. The van der Waals surface area contributed by atoms with Crippen LogP contribution >= 0.6 is 11.3 Å². The Morgan fingerprint density at radius 2 is 2.29 bits per heavy atom. The summed E-state index contributed by atoms with van der Waals surface area (Å²) in [6.07, 6.45) is 6.83. The Morgan fingerprint density at radius 1 is 1.35 bits per heavy atom. The van der Waals surface area contributed by atoms with Gasteiger partial charge in [0.15, 0.2) is 0 Å². The summed E-state index contributed by atoms with van der Waals surface area (Å²) in [6.45, 7) is 3.75. The summed E-state index contributed by atoms with van der Waals surface area (Å²) in [7, 11) is 0. The molecule has 2 heterocycles. The van der Waals surface area contributed by atoms with Gasteiger partial charge < -0.3 is 5.32 Å². The van der Waals surface area contributed by atoms with Crippen LogP contribution in [0.15, 0.2) is 16.8 Å². The first kappa shape index (κ1) is 11.7. The molecule has 3 heteroatoms. The molecule has 1 unspecified atom stereocenters. The first-order valence-corrected chi connectivity index (χ1v) is 7.84. The molecule has 1 N–H and O–H groups in total. The third-order valence-corrected chi connectivity index (χ3v) is 4.68. The Bertz CT molecular complexity index is 326. The van der Waals surface area contributed by atoms with Gasteiger partial charge >= 0.3 is 0 Å². The minimum atomic E-state index is 0.762. The average molecular weight is 250 g/mol. The second kappa shape index (κ2) is 5.51. The zero-order valence-electron chi connectivity index (χ0n) is 10.4. The molecule has 0 amide bonds. The minimum Gasteiger partial charge on any atom is -0.313 e. The van der Waals surface area contributed by atoms with Crippen molar-refractivity contribution in [2.75, 3.05) is 19.6 Å². The van der Waals surface area contributed by atoms with Gasteiger partial charge in [0.2, 0.25) is 0 Å². The van der Waals surface area contributed by atoms with E-state index in [2.05, 4.69) is 27.0 Å². The molecule has 3 rings (SSSR count). The van der Waals surface area contributed by atoms with E-state index < -0.39 is 0 Å². The molecule has 0 radical (unpaired) electrons. The van der Waals surface area contributed by atoms with Gasteiger partial charge in [0.05, 0.1) is 0 Å². The van der Waals surface area contributed by atoms with Crippen LogP contribution in [-0.2, 0) is 6.42 Å². The van der Waals surface area contributed by atoms with Gasteiger partial charge in [0, 0.05) is 25.2 Å². The van der Waals surface area contributed by atoms with E-state index in [4.69, 9.17) is 0 Å². The zero-order valence-corrected chi connectivity index (χ0v) is 11.2. The van der Waals surface area contributed by atoms with Crippen LogP contribution < -0.4 is 5.32 Å². The monoisotopic (exact) mass is 250 g/mol. The van der Waals surface area contributed by atoms with Crippen molar-refractivity contribution < 1.29 is 0 Å². The molecule has 0 spiro atoms. The Kier molecular flexibility index (Phi) is 3.79. The molecule has 2 aliphatic rings. The van der Waals surface area contributed by atoms with Crippen molar-refractivity contribution >= 4 is 11.3 Å². The molecule has 1 aromatic rings. The highest BCUT2D eigenvalue weighted by molar-refractivity contribution is 7.07. The molecule has 1 saturated heterocycles. The van der Waals surface area contributed by atoms with Crippen molar-refractivity contribution in [1.29, 1.82) is 0 Å². The maximum Gasteiger partial charge on any atom is 0.0195 e. The summed E-state index contributed by atoms with van der Waals surface area (Å²) in [4.78, 5) is 2.72. The number of hydrogen-bond donors (Lipinski definition) is 1. The lowest BCUT2D eigenvalue weighted by Crippen LogP contribution is -2.39. The number of rotatable bonds is 6. The van der Waals surface area contributed by atoms with Crippen molar-refractivity contribution in [1.82, 2.24) is 10.2 Å². The number of nitrogens with one attached hydrogen (secondary N) is 1. The highest BCUT2D eigenvalue weighted by atomic mass is 32.1. The van der Waals surface area contributed by atoms with E-state index >= 15 is 0 Å². The maximum atomic E-state index is 3.62. The highest BCUT2D eigenvalue weighted by Gasteiger charge is 2.30. The molecule has 1 aliphatic carbocycles. The Hall–Kier alpha value is -0.380. The van der Waals surface area contributed by atoms with Gasteiger partial charge in [-0.25, -0.2) is 0 Å². The van der Waals surface area contributed by atoms with Crippen LogP contribution in [0.1, 0.15) is 31.2 Å². The molecule has 2 fully saturated rings. The number of thiophene rings is 1. The van der Waals surface area contributed by atoms with E-state index in [1.807, 2.05) is 11.3 Å². The maximum absolute atomic E-state index is 3.62. The summed E-state index contributed by atoms with van der Waals surface area (Å²) in [5.74, 6) is 0. The van der Waals surface area contributed by atoms with E-state index in [9.17, 15) is 0 Å². The summed E-state index contributed by atoms with van der Waals surface area (Å²) in [5.41, 5.74) is 1.51. The van der Waals surface area contributed by atoms with Gasteiger partial charge in [-0.2, -0.15) is 11.3 Å². The molecule has 1 aromatic heterocycles. The standard InChI is InChI=1S/C14H22N2S/c1-2-13(15-7-1)10-16(14-3-4-14)8-5-12-6-9-17-11-12/h6,9,11,13-15H,1-5,7-8,10H2. The lowest BCUT2D eigenvalue weighted by atomic mass is 10.2. The molecule has 0 aromatic carbocycles. The zero-order chi connectivity index (χ0) is 11.5. The van der Waals surface area contributed by atoms with Crippen LogP contribution in [0, 0.1) is 0 Å². The largest absolute Gasteiger partial charge is 0.313 e. The highest BCUT2D eigenvalue weighted by Crippen LogP contribution is 2.28. The smallest absolute Gasteiger partial charge is 0.0195 e. The third kappa shape index (κ3) is 3.30. The van der Waals surface area contributed by atoms with Crippen LogP contribution in [0.25, 0.3) is 0 Å². The average Bonchev–Trinajstić information content (AvgIpc) is 2.85. The lowest BCUT2D eigenvalue weighted by Gasteiger charge is -2.25. The van der Waals surface area contributed by atoms with Crippen molar-refractivity contribution in [2.24, 2.45) is 0 Å². The van der Waals surface area contributed by atoms with Crippen molar-refractivity contribution in [3.8, 4) is 0 Å². The molecule has 1 saturated carbocycles. The Labute approximate surface area is 108 Å². The van der Waals surface area contributed by atoms with Gasteiger partial charge in [0.1, 0.15) is 0 Å². The van der Waals surface area contributed by atoms with Crippen LogP contribution in [-0.4, -0.2) is 36.6 Å². The van der Waals surface area contributed by atoms with E-state index in [0.717, 1.165) is 12.1 Å². The van der Waals surface area contributed by atoms with Gasteiger partial charge in [-0.05, 0) is 61.0 Å². The van der Waals surface area contributed by atoms with Crippen molar-refractivity contribution in [3.05, 3.63) is 22.4 Å². The van der Waals surface area contributed by atoms with E-state index in [-0.39, 0.29) is 0 Å². The predicted molar refractivity (Wildman–Crippen MR) is 73.6 cm³/mol. The summed E-state index contributed by atoms with van der Waals surface area (Å²) in [5, 5.41) is 8.10. The molecule has 0 bridgehead atoms. The summed E-state index contributed by atoms with van der Waals surface area (Å²) >= 11 is 1.82. The molecule has 1 aliphatic heterocycles. The van der Waals surface area contributed by atoms with Gasteiger partial charge in [-0.3, -0.25) is 4.90 Å². The summed E-state index contributed by atoms with van der Waals surface area (Å²) < 4.78 is 0. The van der Waals surface area contributed by atoms with Crippen LogP contribution in [0.2, 0.25) is 0 Å². The van der Waals surface area contributed by atoms with Crippen LogP contribution in [0.4, 0.5) is 0 Å². The topological polar surface area (TPSA) is 15.3 Å². The third-order valence-electron chi connectivity index (χ3n) is 3.95. The Morgan fingerprint density at radius 3 is 2.94 bits per heavy atom. The predicted octanol–water partition coefficient (Wildman–Crippen LogP) is 2.51. The van der Waals surface area contributed by atoms with Crippen LogP contribution in [0.3, 0.4) is 0 Å². The Balaban J connectivity index is 1.49. The fourth-order valence-electron chi connectivity index (χ4n) is 2.77. The second-order valence-electron chi connectivity index (χ2n) is 5.40. The second-order valence-corrected chi connectivity index (χ2v) is 6.18. The molecule has 1 atom stereocenters. The normalized spacial score (nSPS) is 24.6. The molecular weight excluding hydrogens is 228 g/mol. The van der Waals surface area contributed by atoms with Crippen LogP contribution in [0.5, 0.6) is 0 Å². The first-order valence-electron chi connectivity index (χ1n) is 6.90. The van der Waals surface area contributed by atoms with Gasteiger partial charge in [-0.1, -0.05) is 0 Å². The molecule has 2 nitrogen and oxygen atoms in total. The molecule has 94 valence electrons.